The molecule has 0 aliphatic rings. The fourth-order valence-corrected chi connectivity index (χ4v) is 1.26. The van der Waals surface area contributed by atoms with Gasteiger partial charge in [-0.2, -0.15) is 0 Å². The maximum Gasteiger partial charge on any atom is 0.220 e. The van der Waals surface area contributed by atoms with Crippen molar-refractivity contribution in [1.82, 2.24) is 15.5 Å². The van der Waals surface area contributed by atoms with Crippen molar-refractivity contribution in [3.05, 3.63) is 0 Å². The monoisotopic (exact) mass is 303 g/mol. The standard InChI is InChI=1S/C11H25N3O2.2ClH/c1-12-6-4-5-11(15)13-7-8-14(2)9-10-16-3;;/h12H,4-10H2,1-3H3,(H,13,15);2*1H. The molecule has 0 saturated heterocycles. The van der Waals surface area contributed by atoms with Gasteiger partial charge in [-0.15, -0.1) is 24.8 Å². The average Bonchev–Trinajstić information content (AvgIpc) is 2.26. The molecule has 0 unspecified atom stereocenters. The van der Waals surface area contributed by atoms with Crippen LogP contribution in [-0.4, -0.2) is 64.8 Å². The summed E-state index contributed by atoms with van der Waals surface area (Å²) in [4.78, 5) is 13.5. The highest BCUT2D eigenvalue weighted by atomic mass is 35.5. The van der Waals surface area contributed by atoms with Crippen LogP contribution in [-0.2, 0) is 9.53 Å². The molecule has 18 heavy (non-hydrogen) atoms. The molecule has 0 atom stereocenters. The topological polar surface area (TPSA) is 53.6 Å². The van der Waals surface area contributed by atoms with Crippen LogP contribution in [0.2, 0.25) is 0 Å². The Morgan fingerprint density at radius 3 is 2.44 bits per heavy atom. The molecule has 0 heterocycles. The van der Waals surface area contributed by atoms with Gasteiger partial charge in [0, 0.05) is 33.2 Å². The molecule has 0 radical (unpaired) electrons. The van der Waals surface area contributed by atoms with Crippen molar-refractivity contribution in [2.24, 2.45) is 0 Å². The van der Waals surface area contributed by atoms with Gasteiger partial charge >= 0.3 is 0 Å². The van der Waals surface area contributed by atoms with E-state index in [4.69, 9.17) is 4.74 Å². The van der Waals surface area contributed by atoms with Crippen LogP contribution in [0, 0.1) is 0 Å². The molecule has 5 nitrogen and oxygen atoms in total. The van der Waals surface area contributed by atoms with E-state index in [1.54, 1.807) is 7.11 Å². The van der Waals surface area contributed by atoms with E-state index in [0.29, 0.717) is 13.0 Å². The largest absolute Gasteiger partial charge is 0.383 e. The van der Waals surface area contributed by atoms with E-state index >= 15 is 0 Å². The summed E-state index contributed by atoms with van der Waals surface area (Å²) < 4.78 is 4.97. The fraction of sp³-hybridized carbons (Fsp3) is 0.909. The number of hydrogen-bond acceptors (Lipinski definition) is 4. The van der Waals surface area contributed by atoms with E-state index in [9.17, 15) is 4.79 Å². The third-order valence-electron chi connectivity index (χ3n) is 2.32. The van der Waals surface area contributed by atoms with Crippen molar-refractivity contribution in [2.45, 2.75) is 12.8 Å². The second-order valence-corrected chi connectivity index (χ2v) is 3.85. The smallest absolute Gasteiger partial charge is 0.220 e. The van der Waals surface area contributed by atoms with Crippen LogP contribution < -0.4 is 10.6 Å². The zero-order valence-electron chi connectivity index (χ0n) is 11.5. The van der Waals surface area contributed by atoms with Crippen molar-refractivity contribution in [1.29, 1.82) is 0 Å². The molecule has 0 aliphatic carbocycles. The predicted octanol–water partition coefficient (Wildman–Crippen LogP) is 0.524. The first-order valence-corrected chi connectivity index (χ1v) is 5.79. The van der Waals surface area contributed by atoms with E-state index in [1.165, 1.54) is 0 Å². The molecule has 0 aromatic heterocycles. The Hall–Kier alpha value is -0.0700. The van der Waals surface area contributed by atoms with Crippen molar-refractivity contribution in [3.8, 4) is 0 Å². The zero-order valence-corrected chi connectivity index (χ0v) is 13.2. The Bertz CT molecular complexity index is 186. The number of halogens is 2. The van der Waals surface area contributed by atoms with Crippen molar-refractivity contribution in [3.63, 3.8) is 0 Å². The molecule has 0 bridgehead atoms. The molecule has 0 aromatic rings. The number of nitrogens with one attached hydrogen (secondary N) is 2. The Morgan fingerprint density at radius 2 is 1.89 bits per heavy atom. The second kappa shape index (κ2) is 16.9. The summed E-state index contributed by atoms with van der Waals surface area (Å²) in [6.45, 7) is 4.08. The lowest BCUT2D eigenvalue weighted by Gasteiger charge is -2.16. The van der Waals surface area contributed by atoms with Gasteiger partial charge in [-0.05, 0) is 27.1 Å². The lowest BCUT2D eigenvalue weighted by atomic mass is 10.3. The first-order valence-electron chi connectivity index (χ1n) is 5.79. The number of ether oxygens (including phenoxy) is 1. The van der Waals surface area contributed by atoms with Crippen LogP contribution in [0.25, 0.3) is 0 Å². The molecule has 0 saturated carbocycles. The number of carbonyl (C=O) groups excluding carboxylic acids is 1. The number of rotatable bonds is 10. The average molecular weight is 304 g/mol. The number of likely N-dealkylation sites (N-methyl/N-ethyl adjacent to an activating group) is 1. The minimum atomic E-state index is 0. The summed E-state index contributed by atoms with van der Waals surface area (Å²) in [5.74, 6) is 0.135. The molecule has 112 valence electrons. The molecule has 0 spiro atoms. The van der Waals surface area contributed by atoms with Crippen LogP contribution in [0.1, 0.15) is 12.8 Å². The third-order valence-corrected chi connectivity index (χ3v) is 2.32. The van der Waals surface area contributed by atoms with Crippen LogP contribution >= 0.6 is 24.8 Å². The highest BCUT2D eigenvalue weighted by Gasteiger charge is 2.01. The van der Waals surface area contributed by atoms with Gasteiger partial charge in [0.15, 0.2) is 0 Å². The lowest BCUT2D eigenvalue weighted by molar-refractivity contribution is -0.121. The van der Waals surface area contributed by atoms with Crippen LogP contribution in [0.15, 0.2) is 0 Å². The number of hydrogen-bond donors (Lipinski definition) is 2. The van der Waals surface area contributed by atoms with Crippen LogP contribution in [0.3, 0.4) is 0 Å². The third kappa shape index (κ3) is 15.9. The number of methoxy groups -OCH3 is 1. The lowest BCUT2D eigenvalue weighted by Crippen LogP contribution is -2.34. The quantitative estimate of drug-likeness (QED) is 0.578. The summed E-state index contributed by atoms with van der Waals surface area (Å²) in [7, 11) is 5.60. The van der Waals surface area contributed by atoms with E-state index in [0.717, 1.165) is 32.7 Å². The Balaban J connectivity index is -0.00000112. The van der Waals surface area contributed by atoms with E-state index < -0.39 is 0 Å². The fourth-order valence-electron chi connectivity index (χ4n) is 1.26. The number of amides is 1. The molecule has 0 fully saturated rings. The maximum atomic E-state index is 11.3. The summed E-state index contributed by atoms with van der Waals surface area (Å²) in [6, 6.07) is 0. The van der Waals surface area contributed by atoms with Crippen LogP contribution in [0.5, 0.6) is 0 Å². The molecule has 0 rings (SSSR count). The minimum Gasteiger partial charge on any atom is -0.383 e. The van der Waals surface area contributed by atoms with Crippen molar-refractivity contribution >= 4 is 30.7 Å². The summed E-state index contributed by atoms with van der Waals surface area (Å²) in [6.07, 6.45) is 1.49. The van der Waals surface area contributed by atoms with Gasteiger partial charge in [-0.1, -0.05) is 0 Å². The van der Waals surface area contributed by atoms with Crippen molar-refractivity contribution in [2.75, 3.05) is 54.0 Å². The Kier molecular flexibility index (Phi) is 21.7. The minimum absolute atomic E-state index is 0. The SMILES string of the molecule is CNCCCC(=O)NCCN(C)CCOC.Cl.Cl. The predicted molar refractivity (Wildman–Crippen MR) is 80.0 cm³/mol. The Morgan fingerprint density at radius 1 is 1.22 bits per heavy atom. The van der Waals surface area contributed by atoms with E-state index in [1.807, 2.05) is 14.1 Å². The highest BCUT2D eigenvalue weighted by Crippen LogP contribution is 1.87. The van der Waals surface area contributed by atoms with Gasteiger partial charge in [0.2, 0.25) is 5.91 Å². The normalized spacial score (nSPS) is 9.56. The second-order valence-electron chi connectivity index (χ2n) is 3.85. The summed E-state index contributed by atoms with van der Waals surface area (Å²) in [5.41, 5.74) is 0. The van der Waals surface area contributed by atoms with E-state index in [2.05, 4.69) is 15.5 Å². The molecule has 2 N–H and O–H groups in total. The van der Waals surface area contributed by atoms with Gasteiger partial charge < -0.3 is 20.3 Å². The number of nitrogens with zero attached hydrogens (tertiary/aromatic N) is 1. The highest BCUT2D eigenvalue weighted by molar-refractivity contribution is 5.85. The molecule has 1 amide bonds. The van der Waals surface area contributed by atoms with Crippen LogP contribution in [0.4, 0.5) is 0 Å². The Labute approximate surface area is 123 Å². The molecule has 0 aromatic carbocycles. The maximum absolute atomic E-state index is 11.3. The van der Waals surface area contributed by atoms with Crippen molar-refractivity contribution < 1.29 is 9.53 Å². The summed E-state index contributed by atoms with van der Waals surface area (Å²) in [5, 5.41) is 5.92. The van der Waals surface area contributed by atoms with Gasteiger partial charge in [0.1, 0.15) is 0 Å². The number of carbonyl (C=O) groups is 1. The first kappa shape index (κ1) is 23.1. The first-order chi connectivity index (χ1) is 7.70. The molecular weight excluding hydrogens is 277 g/mol. The van der Waals surface area contributed by atoms with Gasteiger partial charge in [-0.3, -0.25) is 4.79 Å². The van der Waals surface area contributed by atoms with Gasteiger partial charge in [-0.25, -0.2) is 0 Å². The van der Waals surface area contributed by atoms with Gasteiger partial charge in [0.05, 0.1) is 6.61 Å². The van der Waals surface area contributed by atoms with E-state index in [-0.39, 0.29) is 30.7 Å². The zero-order chi connectivity index (χ0) is 12.2. The molecular formula is C11H27Cl2N3O2. The summed E-state index contributed by atoms with van der Waals surface area (Å²) >= 11 is 0. The molecule has 0 aliphatic heterocycles. The molecule has 7 heteroatoms. The van der Waals surface area contributed by atoms with Gasteiger partial charge in [0.25, 0.3) is 0 Å².